The normalized spacial score (nSPS) is 18.0. The van der Waals surface area contributed by atoms with Crippen molar-refractivity contribution in [3.8, 4) is 0 Å². The van der Waals surface area contributed by atoms with Crippen LogP contribution in [0.15, 0.2) is 23.8 Å². The first-order valence-electron chi connectivity index (χ1n) is 6.96. The van der Waals surface area contributed by atoms with Gasteiger partial charge in [-0.05, 0) is 18.9 Å². The number of amides is 1. The first kappa shape index (κ1) is 14.1. The van der Waals surface area contributed by atoms with E-state index < -0.39 is 0 Å². The second-order valence-corrected chi connectivity index (χ2v) is 6.10. The van der Waals surface area contributed by atoms with Crippen LogP contribution in [0, 0.1) is 0 Å². The Morgan fingerprint density at radius 2 is 2.52 bits per heavy atom. The van der Waals surface area contributed by atoms with Crippen molar-refractivity contribution in [2.24, 2.45) is 5.73 Å². The van der Waals surface area contributed by atoms with Crippen LogP contribution < -0.4 is 11.1 Å². The lowest BCUT2D eigenvalue weighted by atomic mass is 10.2. The van der Waals surface area contributed by atoms with Crippen LogP contribution in [0.5, 0.6) is 0 Å². The molecule has 0 radical (unpaired) electrons. The number of carbonyl (C=O) groups is 1. The van der Waals surface area contributed by atoms with Crippen LogP contribution in [0.1, 0.15) is 28.1 Å². The maximum absolute atomic E-state index is 11.0. The van der Waals surface area contributed by atoms with Crippen LogP contribution in [0.4, 0.5) is 5.69 Å². The molecule has 1 aliphatic heterocycles. The molecule has 0 bridgehead atoms. The van der Waals surface area contributed by atoms with Gasteiger partial charge >= 0.3 is 0 Å². The molecular formula is C14H18N4O2S. The van der Waals surface area contributed by atoms with Crippen molar-refractivity contribution in [2.45, 2.75) is 32.0 Å². The molecule has 0 saturated carbocycles. The number of primary amides is 1. The first-order valence-corrected chi connectivity index (χ1v) is 7.84. The van der Waals surface area contributed by atoms with Gasteiger partial charge < -0.3 is 15.8 Å². The van der Waals surface area contributed by atoms with Gasteiger partial charge in [0.05, 0.1) is 30.1 Å². The minimum Gasteiger partial charge on any atom is -0.378 e. The molecule has 2 aromatic rings. The predicted molar refractivity (Wildman–Crippen MR) is 81.4 cm³/mol. The molecule has 21 heavy (non-hydrogen) atoms. The number of nitrogens with zero attached hydrogens (tertiary/aromatic N) is 2. The molecule has 1 saturated heterocycles. The molecule has 1 atom stereocenters. The highest BCUT2D eigenvalue weighted by Crippen LogP contribution is 2.17. The standard InChI is InChI=1S/C14H18N4O2S/c15-14(19)10-4-13(21-9-10)6-16-11-5-17-18(7-11)8-12-2-1-3-20-12/h4-5,7,9,12,16H,1-3,6,8H2,(H2,15,19). The van der Waals surface area contributed by atoms with Gasteiger partial charge in [0.25, 0.3) is 0 Å². The van der Waals surface area contributed by atoms with E-state index in [9.17, 15) is 4.79 Å². The second kappa shape index (κ2) is 6.28. The summed E-state index contributed by atoms with van der Waals surface area (Å²) in [7, 11) is 0. The van der Waals surface area contributed by atoms with E-state index in [4.69, 9.17) is 10.5 Å². The molecule has 3 rings (SSSR count). The summed E-state index contributed by atoms with van der Waals surface area (Å²) in [5.41, 5.74) is 6.76. The Morgan fingerprint density at radius 3 is 3.24 bits per heavy atom. The van der Waals surface area contributed by atoms with E-state index >= 15 is 0 Å². The van der Waals surface area contributed by atoms with Crippen LogP contribution in [0.25, 0.3) is 0 Å². The van der Waals surface area contributed by atoms with Crippen molar-refractivity contribution < 1.29 is 9.53 Å². The first-order chi connectivity index (χ1) is 10.2. The Bertz CT molecular complexity index is 616. The van der Waals surface area contributed by atoms with E-state index in [1.54, 1.807) is 11.6 Å². The minimum absolute atomic E-state index is 0.285. The third kappa shape index (κ3) is 3.62. The minimum atomic E-state index is -0.387. The van der Waals surface area contributed by atoms with E-state index in [0.29, 0.717) is 12.1 Å². The Labute approximate surface area is 126 Å². The number of ether oxygens (including phenoxy) is 1. The van der Waals surface area contributed by atoms with E-state index in [1.807, 2.05) is 16.9 Å². The molecule has 1 unspecified atom stereocenters. The summed E-state index contributed by atoms with van der Waals surface area (Å²) in [6.45, 7) is 2.31. The van der Waals surface area contributed by atoms with E-state index in [2.05, 4.69) is 10.4 Å². The van der Waals surface area contributed by atoms with Crippen molar-refractivity contribution in [3.05, 3.63) is 34.3 Å². The fraction of sp³-hybridized carbons (Fsp3) is 0.429. The molecular weight excluding hydrogens is 288 g/mol. The molecule has 7 heteroatoms. The molecule has 1 amide bonds. The maximum Gasteiger partial charge on any atom is 0.249 e. The largest absolute Gasteiger partial charge is 0.378 e. The zero-order valence-corrected chi connectivity index (χ0v) is 12.4. The number of nitrogens with one attached hydrogen (secondary N) is 1. The number of hydrogen-bond donors (Lipinski definition) is 2. The Kier molecular flexibility index (Phi) is 4.21. The topological polar surface area (TPSA) is 82.2 Å². The van der Waals surface area contributed by atoms with Crippen molar-refractivity contribution in [1.29, 1.82) is 0 Å². The third-order valence-electron chi connectivity index (χ3n) is 3.45. The highest BCUT2D eigenvalue weighted by atomic mass is 32.1. The summed E-state index contributed by atoms with van der Waals surface area (Å²) >= 11 is 1.52. The summed E-state index contributed by atoms with van der Waals surface area (Å²) in [6, 6.07) is 1.82. The number of rotatable bonds is 6. The molecule has 0 aromatic carbocycles. The van der Waals surface area contributed by atoms with Gasteiger partial charge in [-0.2, -0.15) is 5.10 Å². The predicted octanol–water partition coefficient (Wildman–Crippen LogP) is 1.83. The quantitative estimate of drug-likeness (QED) is 0.853. The number of thiophene rings is 1. The van der Waals surface area contributed by atoms with Crippen LogP contribution in [-0.2, 0) is 17.8 Å². The monoisotopic (exact) mass is 306 g/mol. The second-order valence-electron chi connectivity index (χ2n) is 5.11. The number of hydrogen-bond acceptors (Lipinski definition) is 5. The van der Waals surface area contributed by atoms with Gasteiger partial charge in [-0.1, -0.05) is 0 Å². The van der Waals surface area contributed by atoms with Gasteiger partial charge in [-0.15, -0.1) is 11.3 Å². The van der Waals surface area contributed by atoms with Crippen LogP contribution >= 0.6 is 11.3 Å². The van der Waals surface area contributed by atoms with Gasteiger partial charge in [0.2, 0.25) is 5.91 Å². The molecule has 0 aliphatic carbocycles. The van der Waals surface area contributed by atoms with Crippen molar-refractivity contribution >= 4 is 22.9 Å². The molecule has 3 N–H and O–H groups in total. The Hall–Kier alpha value is -1.86. The average Bonchev–Trinajstić information content (AvgIpc) is 3.18. The zero-order chi connectivity index (χ0) is 14.7. The van der Waals surface area contributed by atoms with Gasteiger partial charge in [-0.3, -0.25) is 9.48 Å². The van der Waals surface area contributed by atoms with E-state index in [1.165, 1.54) is 11.3 Å². The summed E-state index contributed by atoms with van der Waals surface area (Å²) in [6.07, 6.45) is 6.31. The third-order valence-corrected chi connectivity index (χ3v) is 4.39. The van der Waals surface area contributed by atoms with Crippen LogP contribution in [-0.4, -0.2) is 28.4 Å². The van der Waals surface area contributed by atoms with Crippen LogP contribution in [0.2, 0.25) is 0 Å². The summed E-state index contributed by atoms with van der Waals surface area (Å²) < 4.78 is 7.50. The van der Waals surface area contributed by atoms with E-state index in [-0.39, 0.29) is 12.0 Å². The van der Waals surface area contributed by atoms with E-state index in [0.717, 1.165) is 36.6 Å². The van der Waals surface area contributed by atoms with Gasteiger partial charge in [0, 0.05) is 29.6 Å². The van der Waals surface area contributed by atoms with Gasteiger partial charge in [0.15, 0.2) is 0 Å². The average molecular weight is 306 g/mol. The smallest absolute Gasteiger partial charge is 0.249 e. The molecule has 2 aromatic heterocycles. The molecule has 1 fully saturated rings. The van der Waals surface area contributed by atoms with Crippen molar-refractivity contribution in [3.63, 3.8) is 0 Å². The lowest BCUT2D eigenvalue weighted by Crippen LogP contribution is -2.15. The van der Waals surface area contributed by atoms with Crippen LogP contribution in [0.3, 0.4) is 0 Å². The number of carbonyl (C=O) groups excluding carboxylic acids is 1. The van der Waals surface area contributed by atoms with Crippen molar-refractivity contribution in [2.75, 3.05) is 11.9 Å². The Morgan fingerprint density at radius 1 is 1.62 bits per heavy atom. The summed E-state index contributed by atoms with van der Waals surface area (Å²) in [5.74, 6) is -0.387. The number of anilines is 1. The molecule has 1 aliphatic rings. The number of nitrogens with two attached hydrogens (primary N) is 1. The highest BCUT2D eigenvalue weighted by Gasteiger charge is 2.16. The maximum atomic E-state index is 11.0. The lowest BCUT2D eigenvalue weighted by molar-refractivity contribution is 0.0940. The Balaban J connectivity index is 1.52. The molecule has 112 valence electrons. The van der Waals surface area contributed by atoms with Crippen molar-refractivity contribution in [1.82, 2.24) is 9.78 Å². The summed E-state index contributed by atoms with van der Waals surface area (Å²) in [5, 5.41) is 9.40. The molecule has 3 heterocycles. The fourth-order valence-corrected chi connectivity index (χ4v) is 3.16. The molecule has 6 nitrogen and oxygen atoms in total. The van der Waals surface area contributed by atoms with Gasteiger partial charge in [0.1, 0.15) is 0 Å². The summed E-state index contributed by atoms with van der Waals surface area (Å²) in [4.78, 5) is 12.1. The zero-order valence-electron chi connectivity index (χ0n) is 11.6. The molecule has 0 spiro atoms. The SMILES string of the molecule is NC(=O)c1csc(CNc2cnn(CC3CCCO3)c2)c1. The fourth-order valence-electron chi connectivity index (χ4n) is 2.34. The lowest BCUT2D eigenvalue weighted by Gasteiger charge is -2.08. The number of aromatic nitrogens is 2. The van der Waals surface area contributed by atoms with Gasteiger partial charge in [-0.25, -0.2) is 0 Å². The highest BCUT2D eigenvalue weighted by molar-refractivity contribution is 7.10.